The Kier molecular flexibility index (Phi) is 5.82. The molecule has 0 aliphatic carbocycles. The number of hydrogen-bond donors (Lipinski definition) is 1. The summed E-state index contributed by atoms with van der Waals surface area (Å²) in [5.41, 5.74) is 6.67. The fourth-order valence-corrected chi connectivity index (χ4v) is 6.23. The molecular formula is C23H28FN3O3S. The van der Waals surface area contributed by atoms with Gasteiger partial charge in [0.05, 0.1) is 5.75 Å². The molecule has 0 unspecified atom stereocenters. The molecule has 31 heavy (non-hydrogen) atoms. The van der Waals surface area contributed by atoms with E-state index in [9.17, 15) is 17.6 Å². The second kappa shape index (κ2) is 7.82. The Morgan fingerprint density at radius 2 is 1.90 bits per heavy atom. The summed E-state index contributed by atoms with van der Waals surface area (Å²) in [4.78, 5) is 21.2. The monoisotopic (exact) mass is 445 g/mol. The average Bonchev–Trinajstić information content (AvgIpc) is 2.67. The molecule has 2 heterocycles. The van der Waals surface area contributed by atoms with Crippen LogP contribution in [0.15, 0.2) is 41.5 Å². The number of nitrogens with two attached hydrogens (primary N) is 1. The summed E-state index contributed by atoms with van der Waals surface area (Å²) in [7, 11) is -3.73. The topological polar surface area (TPSA) is 102 Å². The van der Waals surface area contributed by atoms with Crippen LogP contribution in [0.1, 0.15) is 54.9 Å². The number of aliphatic imine (C=N–C) groups is 1. The third kappa shape index (κ3) is 4.01. The van der Waals surface area contributed by atoms with Crippen LogP contribution in [-0.2, 0) is 21.8 Å². The lowest BCUT2D eigenvalue weighted by Gasteiger charge is -2.42. The second-order valence-electron chi connectivity index (χ2n) is 8.93. The second-order valence-corrected chi connectivity index (χ2v) is 11.3. The number of hydrogen-bond acceptors (Lipinski definition) is 6. The van der Waals surface area contributed by atoms with Crippen LogP contribution in [0.5, 0.6) is 0 Å². The Bertz CT molecular complexity index is 1160. The number of amidine groups is 1. The number of ketones is 1. The molecule has 1 aliphatic rings. The maximum Gasteiger partial charge on any atom is 0.185 e. The van der Waals surface area contributed by atoms with Gasteiger partial charge in [-0.25, -0.2) is 12.8 Å². The van der Waals surface area contributed by atoms with Crippen molar-refractivity contribution in [2.45, 2.75) is 51.3 Å². The molecule has 8 heteroatoms. The first-order valence-electron chi connectivity index (χ1n) is 10.1. The number of carbonyl (C=O) groups is 1. The van der Waals surface area contributed by atoms with Crippen molar-refractivity contribution in [1.82, 2.24) is 4.98 Å². The Labute approximate surface area is 182 Å². The van der Waals surface area contributed by atoms with Gasteiger partial charge in [0.2, 0.25) is 0 Å². The molecule has 0 amide bonds. The Morgan fingerprint density at radius 3 is 2.45 bits per heavy atom. The minimum Gasteiger partial charge on any atom is -0.386 e. The predicted octanol–water partition coefficient (Wildman–Crippen LogP) is 3.37. The number of aryl methyl sites for hydroxylation is 1. The van der Waals surface area contributed by atoms with Crippen molar-refractivity contribution in [3.05, 3.63) is 64.7 Å². The van der Waals surface area contributed by atoms with Gasteiger partial charge in [0, 0.05) is 18.2 Å². The summed E-state index contributed by atoms with van der Waals surface area (Å²) in [6.45, 7) is 8.54. The van der Waals surface area contributed by atoms with Crippen LogP contribution in [0.3, 0.4) is 0 Å². The van der Waals surface area contributed by atoms with E-state index >= 15 is 0 Å². The van der Waals surface area contributed by atoms with Crippen molar-refractivity contribution in [2.24, 2.45) is 16.6 Å². The number of rotatable bonds is 5. The van der Waals surface area contributed by atoms with Gasteiger partial charge in [-0.2, -0.15) is 0 Å². The molecule has 6 nitrogen and oxygen atoms in total. The number of Topliss-reactive ketones (excluding diaryl/α,β-unsaturated/α-hetero) is 1. The normalized spacial score (nSPS) is 25.3. The Balaban J connectivity index is 2.01. The number of benzene rings is 1. The van der Waals surface area contributed by atoms with E-state index in [0.717, 1.165) is 5.56 Å². The molecule has 0 fully saturated rings. The van der Waals surface area contributed by atoms with Gasteiger partial charge in [-0.05, 0) is 56.0 Å². The standard InChI is InChI=1S/C23H28FN3O3S/c1-14(2)23(5)21(25)27-22(4,13-31(23,29)30)17-10-16(7-8-18(17)24)11-20(28)19-9-6-15(3)12-26-19/h6-10,12,14H,11,13H2,1-5H3,(H2,25,27)/t22-,23+/m0/s1. The first-order chi connectivity index (χ1) is 14.3. The average molecular weight is 446 g/mol. The number of aromatic nitrogens is 1. The third-order valence-corrected chi connectivity index (χ3v) is 9.18. The number of pyridine rings is 1. The molecule has 1 aromatic carbocycles. The zero-order chi connectivity index (χ0) is 23.2. The van der Waals surface area contributed by atoms with Crippen molar-refractivity contribution in [3.8, 4) is 0 Å². The molecule has 0 radical (unpaired) electrons. The lowest BCUT2D eigenvalue weighted by Crippen LogP contribution is -2.59. The molecule has 2 N–H and O–H groups in total. The number of sulfone groups is 1. The zero-order valence-electron chi connectivity index (χ0n) is 18.4. The first kappa shape index (κ1) is 23.1. The van der Waals surface area contributed by atoms with E-state index in [0.29, 0.717) is 11.3 Å². The van der Waals surface area contributed by atoms with E-state index in [1.807, 2.05) is 6.92 Å². The van der Waals surface area contributed by atoms with Crippen LogP contribution in [0.25, 0.3) is 0 Å². The van der Waals surface area contributed by atoms with E-state index in [2.05, 4.69) is 9.98 Å². The maximum absolute atomic E-state index is 14.8. The minimum atomic E-state index is -3.73. The van der Waals surface area contributed by atoms with Crippen molar-refractivity contribution >= 4 is 21.5 Å². The quantitative estimate of drug-likeness (QED) is 0.711. The zero-order valence-corrected chi connectivity index (χ0v) is 19.3. The molecular weight excluding hydrogens is 417 g/mol. The van der Waals surface area contributed by atoms with Crippen molar-refractivity contribution in [1.29, 1.82) is 0 Å². The van der Waals surface area contributed by atoms with Gasteiger partial charge in [-0.3, -0.25) is 14.8 Å². The van der Waals surface area contributed by atoms with E-state index < -0.39 is 25.9 Å². The van der Waals surface area contributed by atoms with Gasteiger partial charge in [-0.1, -0.05) is 26.0 Å². The molecule has 166 valence electrons. The first-order valence-corrected chi connectivity index (χ1v) is 11.8. The van der Waals surface area contributed by atoms with Crippen molar-refractivity contribution in [2.75, 3.05) is 5.75 Å². The predicted molar refractivity (Wildman–Crippen MR) is 119 cm³/mol. The van der Waals surface area contributed by atoms with E-state index in [1.165, 1.54) is 18.2 Å². The number of halogens is 1. The van der Waals surface area contributed by atoms with Gasteiger partial charge in [-0.15, -0.1) is 0 Å². The molecule has 2 aromatic rings. The summed E-state index contributed by atoms with van der Waals surface area (Å²) < 4.78 is 39.9. The summed E-state index contributed by atoms with van der Waals surface area (Å²) in [6.07, 6.45) is 1.62. The molecule has 2 atom stereocenters. The summed E-state index contributed by atoms with van der Waals surface area (Å²) in [6, 6.07) is 7.70. The highest BCUT2D eigenvalue weighted by Gasteiger charge is 2.53. The van der Waals surface area contributed by atoms with E-state index in [1.54, 1.807) is 46.0 Å². The SMILES string of the molecule is Cc1ccc(C(=O)Cc2ccc(F)c([C@]3(C)CS(=O)(=O)[C@](C)(C(C)C)C(N)=N3)c2)nc1. The highest BCUT2D eigenvalue weighted by Crippen LogP contribution is 2.41. The smallest absolute Gasteiger partial charge is 0.185 e. The molecule has 3 rings (SSSR count). The Morgan fingerprint density at radius 1 is 1.23 bits per heavy atom. The van der Waals surface area contributed by atoms with Gasteiger partial charge in [0.1, 0.15) is 27.6 Å². The molecule has 0 spiro atoms. The van der Waals surface area contributed by atoms with Crippen molar-refractivity contribution < 1.29 is 17.6 Å². The molecule has 0 saturated carbocycles. The van der Waals surface area contributed by atoms with Crippen molar-refractivity contribution in [3.63, 3.8) is 0 Å². The van der Waals surface area contributed by atoms with Crippen LogP contribution in [0.4, 0.5) is 4.39 Å². The summed E-state index contributed by atoms with van der Waals surface area (Å²) >= 11 is 0. The molecule has 0 bridgehead atoms. The van der Waals surface area contributed by atoms with Gasteiger partial charge in [0.15, 0.2) is 15.6 Å². The lowest BCUT2D eigenvalue weighted by molar-refractivity contribution is 0.0988. The van der Waals surface area contributed by atoms with E-state index in [-0.39, 0.29) is 35.3 Å². The van der Waals surface area contributed by atoms with E-state index in [4.69, 9.17) is 5.73 Å². The Hall–Kier alpha value is -2.61. The van der Waals surface area contributed by atoms with Crippen LogP contribution in [-0.4, -0.2) is 35.5 Å². The third-order valence-electron chi connectivity index (χ3n) is 6.27. The fraction of sp³-hybridized carbons (Fsp3) is 0.435. The van der Waals surface area contributed by atoms with Crippen LogP contribution >= 0.6 is 0 Å². The van der Waals surface area contributed by atoms with Crippen LogP contribution < -0.4 is 5.73 Å². The fourth-order valence-electron chi connectivity index (χ4n) is 3.89. The number of nitrogens with zero attached hydrogens (tertiary/aromatic N) is 2. The van der Waals surface area contributed by atoms with Crippen LogP contribution in [0, 0.1) is 18.7 Å². The molecule has 0 saturated heterocycles. The summed E-state index contributed by atoms with van der Waals surface area (Å²) in [5, 5.41) is 0. The minimum absolute atomic E-state index is 0.00900. The highest BCUT2D eigenvalue weighted by atomic mass is 32.2. The van der Waals surface area contributed by atoms with Gasteiger partial charge >= 0.3 is 0 Å². The van der Waals surface area contributed by atoms with Crippen LogP contribution in [0.2, 0.25) is 0 Å². The maximum atomic E-state index is 14.8. The number of carbonyl (C=O) groups excluding carboxylic acids is 1. The lowest BCUT2D eigenvalue weighted by atomic mass is 9.89. The molecule has 1 aliphatic heterocycles. The van der Waals surface area contributed by atoms with Gasteiger partial charge < -0.3 is 5.73 Å². The highest BCUT2D eigenvalue weighted by molar-refractivity contribution is 7.93. The van der Waals surface area contributed by atoms with Gasteiger partial charge in [0.25, 0.3) is 0 Å². The largest absolute Gasteiger partial charge is 0.386 e. The summed E-state index contributed by atoms with van der Waals surface area (Å²) in [5.74, 6) is -1.49. The molecule has 1 aromatic heterocycles.